The maximum absolute atomic E-state index is 12.7. The second kappa shape index (κ2) is 11.6. The smallest absolute Gasteiger partial charge is 0.418 e. The number of nitro benzene ring substituents is 2. The lowest BCUT2D eigenvalue weighted by Gasteiger charge is -2.12. The van der Waals surface area contributed by atoms with Crippen molar-refractivity contribution in [2.24, 2.45) is 0 Å². The number of alkyl halides is 6. The standard InChI is InChI=1S/C13H6Cl2F3NO3.C7H2Cl2F3NO2/c14-7-2-1-3-8(6-7)22-10-5-4-9(13(16,17)18)11(15)12(10)19(20)21;8-4-2-1-3(7(10,11)12)5(9)6(4)13(14)15/h1-6H;1-2H. The normalized spacial score (nSPS) is 11.4. The Hall–Kier alpha value is -3.00. The van der Waals surface area contributed by atoms with Gasteiger partial charge in [-0.3, -0.25) is 20.2 Å². The van der Waals surface area contributed by atoms with Crippen LogP contribution in [-0.2, 0) is 12.4 Å². The van der Waals surface area contributed by atoms with Crippen molar-refractivity contribution in [2.45, 2.75) is 12.4 Å². The molecule has 0 heterocycles. The zero-order valence-electron chi connectivity index (χ0n) is 17.3. The van der Waals surface area contributed by atoms with Crippen molar-refractivity contribution < 1.29 is 40.9 Å². The van der Waals surface area contributed by atoms with Gasteiger partial charge in [-0.05, 0) is 42.5 Å². The van der Waals surface area contributed by atoms with Crippen LogP contribution in [0.25, 0.3) is 0 Å². The summed E-state index contributed by atoms with van der Waals surface area (Å²) in [5, 5.41) is 19.3. The van der Waals surface area contributed by atoms with Crippen molar-refractivity contribution in [3.8, 4) is 11.5 Å². The average Bonchev–Trinajstić information content (AvgIpc) is 2.72. The Balaban J connectivity index is 0.000000281. The molecule has 0 aromatic heterocycles. The zero-order chi connectivity index (χ0) is 28.3. The largest absolute Gasteiger partial charge is 0.450 e. The first-order valence-electron chi connectivity index (χ1n) is 9.12. The molecule has 0 amide bonds. The van der Waals surface area contributed by atoms with Gasteiger partial charge < -0.3 is 4.74 Å². The first-order chi connectivity index (χ1) is 16.9. The Kier molecular flexibility index (Phi) is 9.47. The van der Waals surface area contributed by atoms with Gasteiger partial charge in [-0.1, -0.05) is 52.5 Å². The van der Waals surface area contributed by atoms with Gasteiger partial charge in [0.05, 0.1) is 21.0 Å². The number of halogens is 10. The molecular formula is C20H8Cl4F6N2O5. The number of benzene rings is 3. The number of nitro groups is 2. The molecule has 198 valence electrons. The van der Waals surface area contributed by atoms with Gasteiger partial charge in [-0.15, -0.1) is 0 Å². The molecule has 0 N–H and O–H groups in total. The van der Waals surface area contributed by atoms with Crippen LogP contribution in [0, 0.1) is 20.2 Å². The summed E-state index contributed by atoms with van der Waals surface area (Å²) >= 11 is 21.9. The van der Waals surface area contributed by atoms with Crippen LogP contribution in [0.15, 0.2) is 48.5 Å². The summed E-state index contributed by atoms with van der Waals surface area (Å²) in [6.45, 7) is 0. The third kappa shape index (κ3) is 7.51. The van der Waals surface area contributed by atoms with E-state index in [2.05, 4.69) is 0 Å². The summed E-state index contributed by atoms with van der Waals surface area (Å²) in [4.78, 5) is 19.3. The van der Waals surface area contributed by atoms with E-state index in [1.807, 2.05) is 0 Å². The highest BCUT2D eigenvalue weighted by molar-refractivity contribution is 6.38. The first-order valence-corrected chi connectivity index (χ1v) is 10.6. The van der Waals surface area contributed by atoms with E-state index in [-0.39, 0.29) is 5.75 Å². The number of rotatable bonds is 4. The number of ether oxygens (including phenoxy) is 1. The maximum Gasteiger partial charge on any atom is 0.418 e. The minimum absolute atomic E-state index is 0.131. The molecule has 0 radical (unpaired) electrons. The molecule has 3 rings (SSSR count). The lowest BCUT2D eigenvalue weighted by Crippen LogP contribution is -2.07. The predicted octanol–water partition coefficient (Wildman–Crippen LogP) is 9.63. The molecule has 7 nitrogen and oxygen atoms in total. The quantitative estimate of drug-likeness (QED) is 0.166. The molecule has 3 aromatic rings. The van der Waals surface area contributed by atoms with E-state index in [1.165, 1.54) is 18.2 Å². The fourth-order valence-electron chi connectivity index (χ4n) is 2.60. The van der Waals surface area contributed by atoms with Crippen LogP contribution in [0.1, 0.15) is 11.1 Å². The van der Waals surface area contributed by atoms with Gasteiger partial charge in [-0.2, -0.15) is 26.3 Å². The molecule has 0 fully saturated rings. The molecule has 37 heavy (non-hydrogen) atoms. The fourth-order valence-corrected chi connectivity index (χ4v) is 3.73. The molecule has 0 aliphatic rings. The minimum Gasteiger partial charge on any atom is -0.450 e. The highest BCUT2D eigenvalue weighted by Gasteiger charge is 2.39. The predicted molar refractivity (Wildman–Crippen MR) is 123 cm³/mol. The van der Waals surface area contributed by atoms with Crippen molar-refractivity contribution in [1.29, 1.82) is 0 Å². The minimum atomic E-state index is -4.81. The summed E-state index contributed by atoms with van der Waals surface area (Å²) in [6.07, 6.45) is -9.55. The van der Waals surface area contributed by atoms with E-state index >= 15 is 0 Å². The van der Waals surface area contributed by atoms with E-state index in [0.717, 1.165) is 12.1 Å². The molecule has 0 bridgehead atoms. The first kappa shape index (κ1) is 30.2. The fraction of sp³-hybridized carbons (Fsp3) is 0.100. The van der Waals surface area contributed by atoms with Crippen molar-refractivity contribution in [3.05, 3.63) is 100.0 Å². The van der Waals surface area contributed by atoms with Crippen LogP contribution in [0.5, 0.6) is 11.5 Å². The summed E-state index contributed by atoms with van der Waals surface area (Å²) in [5.41, 5.74) is -4.48. The number of hydrogen-bond acceptors (Lipinski definition) is 5. The monoisotopic (exact) mass is 610 g/mol. The topological polar surface area (TPSA) is 95.5 Å². The van der Waals surface area contributed by atoms with Crippen LogP contribution < -0.4 is 4.74 Å². The summed E-state index contributed by atoms with van der Waals surface area (Å²) < 4.78 is 80.3. The van der Waals surface area contributed by atoms with Crippen LogP contribution in [0.4, 0.5) is 37.7 Å². The van der Waals surface area contributed by atoms with Gasteiger partial charge in [0, 0.05) is 5.02 Å². The van der Waals surface area contributed by atoms with E-state index in [0.29, 0.717) is 17.2 Å². The zero-order valence-corrected chi connectivity index (χ0v) is 20.4. The summed E-state index contributed by atoms with van der Waals surface area (Å²) in [6, 6.07) is 8.71. The van der Waals surface area contributed by atoms with Gasteiger partial charge in [0.15, 0.2) is 0 Å². The third-order valence-electron chi connectivity index (χ3n) is 4.15. The van der Waals surface area contributed by atoms with Crippen molar-refractivity contribution >= 4 is 57.8 Å². The van der Waals surface area contributed by atoms with E-state index < -0.39 is 65.5 Å². The van der Waals surface area contributed by atoms with Gasteiger partial charge in [0.25, 0.3) is 0 Å². The maximum atomic E-state index is 12.7. The Bertz CT molecular complexity index is 1350. The summed E-state index contributed by atoms with van der Waals surface area (Å²) in [7, 11) is 0. The van der Waals surface area contributed by atoms with Crippen LogP contribution in [0.3, 0.4) is 0 Å². The molecule has 0 aliphatic carbocycles. The molecule has 17 heteroatoms. The Morgan fingerprint density at radius 3 is 1.65 bits per heavy atom. The molecule has 0 aliphatic heterocycles. The third-order valence-corrected chi connectivity index (χ3v) is 5.45. The SMILES string of the molecule is O=[N+]([O-])c1c(Cl)ccc(C(F)(F)F)c1Cl.O=[N+]([O-])c1c(Oc2cccc(Cl)c2)ccc(C(F)(F)F)c1Cl. The highest BCUT2D eigenvalue weighted by atomic mass is 35.5. The van der Waals surface area contributed by atoms with Crippen molar-refractivity contribution in [3.63, 3.8) is 0 Å². The highest BCUT2D eigenvalue weighted by Crippen LogP contribution is 2.45. The molecule has 0 spiro atoms. The van der Waals surface area contributed by atoms with E-state index in [4.69, 9.17) is 51.1 Å². The van der Waals surface area contributed by atoms with Crippen molar-refractivity contribution in [1.82, 2.24) is 0 Å². The van der Waals surface area contributed by atoms with Gasteiger partial charge in [0.2, 0.25) is 5.75 Å². The average molecular weight is 612 g/mol. The van der Waals surface area contributed by atoms with Crippen molar-refractivity contribution in [2.75, 3.05) is 0 Å². The lowest BCUT2D eigenvalue weighted by atomic mass is 10.1. The van der Waals surface area contributed by atoms with E-state index in [1.54, 1.807) is 6.07 Å². The molecule has 0 atom stereocenters. The molecular weight excluding hydrogens is 604 g/mol. The second-order valence-corrected chi connectivity index (χ2v) is 8.20. The lowest BCUT2D eigenvalue weighted by molar-refractivity contribution is -0.385. The Labute approximate surface area is 222 Å². The van der Waals surface area contributed by atoms with Crippen LogP contribution >= 0.6 is 46.4 Å². The molecule has 0 unspecified atom stereocenters. The summed E-state index contributed by atoms with van der Waals surface area (Å²) in [5.74, 6) is -0.281. The molecule has 0 saturated carbocycles. The van der Waals surface area contributed by atoms with E-state index in [9.17, 15) is 46.6 Å². The van der Waals surface area contributed by atoms with Gasteiger partial charge >= 0.3 is 23.7 Å². The number of hydrogen-bond donors (Lipinski definition) is 0. The number of nitrogens with zero attached hydrogens (tertiary/aromatic N) is 2. The molecule has 3 aromatic carbocycles. The van der Waals surface area contributed by atoms with Gasteiger partial charge in [-0.25, -0.2) is 0 Å². The van der Waals surface area contributed by atoms with Crippen LogP contribution in [0.2, 0.25) is 20.1 Å². The van der Waals surface area contributed by atoms with Crippen LogP contribution in [-0.4, -0.2) is 9.85 Å². The Morgan fingerprint density at radius 2 is 1.19 bits per heavy atom. The second-order valence-electron chi connectivity index (χ2n) is 6.60. The Morgan fingerprint density at radius 1 is 0.703 bits per heavy atom. The van der Waals surface area contributed by atoms with Gasteiger partial charge in [0.1, 0.15) is 20.8 Å². The molecule has 0 saturated heterocycles.